The maximum absolute atomic E-state index is 13.4. The largest absolute Gasteiger partial charge is 0.378 e. The van der Waals surface area contributed by atoms with E-state index in [2.05, 4.69) is 33.0 Å². The standard InChI is InChI=1S/C24H31N7O3/c1-24(34-3)10-4-6-16(13-24)30-11-5-7-18(23(30)33)28-19-12-20(25-2)31-21(29-19)17(14-26-31)22(32)27-15-8-9-15/h5,7,11-12,14-16,25H,4,6,8-10,13H2,1-3H3,(H,27,32)(H,28,29)/t16?,24-/m0/s1. The summed E-state index contributed by atoms with van der Waals surface area (Å²) in [4.78, 5) is 30.7. The molecule has 1 unspecified atom stereocenters. The van der Waals surface area contributed by atoms with Crippen LogP contribution in [-0.4, -0.2) is 50.9 Å². The fraction of sp³-hybridized carbons (Fsp3) is 0.500. The lowest BCUT2D eigenvalue weighted by Crippen LogP contribution is -2.38. The van der Waals surface area contributed by atoms with Gasteiger partial charge in [-0.25, -0.2) is 4.98 Å². The third kappa shape index (κ3) is 4.25. The van der Waals surface area contributed by atoms with Crippen molar-refractivity contribution in [3.63, 3.8) is 0 Å². The molecule has 0 aromatic carbocycles. The van der Waals surface area contributed by atoms with Crippen molar-refractivity contribution in [2.24, 2.45) is 0 Å². The molecule has 2 atom stereocenters. The maximum atomic E-state index is 13.4. The Labute approximate surface area is 197 Å². The number of nitrogens with zero attached hydrogens (tertiary/aromatic N) is 4. The first-order valence-corrected chi connectivity index (χ1v) is 11.8. The summed E-state index contributed by atoms with van der Waals surface area (Å²) in [5.41, 5.74) is 0.917. The molecule has 1 amide bonds. The van der Waals surface area contributed by atoms with Crippen LogP contribution in [0.25, 0.3) is 5.65 Å². The molecule has 2 aliphatic carbocycles. The van der Waals surface area contributed by atoms with Gasteiger partial charge in [0.1, 0.15) is 22.9 Å². The number of ether oxygens (including phenoxy) is 1. The average Bonchev–Trinajstić information content (AvgIpc) is 3.55. The van der Waals surface area contributed by atoms with E-state index in [9.17, 15) is 9.59 Å². The molecule has 3 aromatic heterocycles. The molecule has 5 rings (SSSR count). The summed E-state index contributed by atoms with van der Waals surface area (Å²) in [6.07, 6.45) is 9.08. The Hall–Kier alpha value is -3.40. The van der Waals surface area contributed by atoms with E-state index in [0.29, 0.717) is 28.5 Å². The zero-order valence-electron chi connectivity index (χ0n) is 19.8. The predicted molar refractivity (Wildman–Crippen MR) is 130 cm³/mol. The van der Waals surface area contributed by atoms with Crippen LogP contribution in [0.15, 0.2) is 35.4 Å². The molecular formula is C24H31N7O3. The zero-order valence-corrected chi connectivity index (χ0v) is 19.8. The van der Waals surface area contributed by atoms with Crippen LogP contribution in [0.2, 0.25) is 0 Å². The first-order valence-electron chi connectivity index (χ1n) is 11.8. The Bertz CT molecular complexity index is 1280. The fourth-order valence-electron chi connectivity index (χ4n) is 4.72. The minimum absolute atomic E-state index is 0.0730. The molecule has 0 radical (unpaired) electrons. The van der Waals surface area contributed by atoms with Crippen molar-refractivity contribution in [3.05, 3.63) is 46.5 Å². The minimum atomic E-state index is -0.223. The van der Waals surface area contributed by atoms with E-state index in [1.165, 1.54) is 6.20 Å². The van der Waals surface area contributed by atoms with Crippen LogP contribution in [-0.2, 0) is 4.74 Å². The van der Waals surface area contributed by atoms with Crippen molar-refractivity contribution in [1.29, 1.82) is 0 Å². The lowest BCUT2D eigenvalue weighted by atomic mass is 9.83. The lowest BCUT2D eigenvalue weighted by molar-refractivity contribution is -0.0375. The Balaban J connectivity index is 1.46. The quantitative estimate of drug-likeness (QED) is 0.491. The predicted octanol–water partition coefficient (Wildman–Crippen LogP) is 3.09. The summed E-state index contributed by atoms with van der Waals surface area (Å²) >= 11 is 0. The lowest BCUT2D eigenvalue weighted by Gasteiger charge is -2.37. The molecule has 10 heteroatoms. The molecule has 0 bridgehead atoms. The second kappa shape index (κ2) is 8.75. The highest BCUT2D eigenvalue weighted by Gasteiger charge is 2.33. The second-order valence-corrected chi connectivity index (χ2v) is 9.48. The van der Waals surface area contributed by atoms with E-state index >= 15 is 0 Å². The molecule has 180 valence electrons. The summed E-state index contributed by atoms with van der Waals surface area (Å²) in [6, 6.07) is 5.69. The van der Waals surface area contributed by atoms with Gasteiger partial charge in [-0.3, -0.25) is 9.59 Å². The number of nitrogens with one attached hydrogen (secondary N) is 3. The number of methoxy groups -OCH3 is 1. The Morgan fingerprint density at radius 3 is 2.85 bits per heavy atom. The van der Waals surface area contributed by atoms with Gasteiger partial charge in [-0.1, -0.05) is 0 Å². The highest BCUT2D eigenvalue weighted by Crippen LogP contribution is 2.36. The Morgan fingerprint density at radius 1 is 1.29 bits per heavy atom. The van der Waals surface area contributed by atoms with Crippen molar-refractivity contribution in [2.75, 3.05) is 24.8 Å². The SMILES string of the molecule is CNc1cc(Nc2cccn(C3CCC[C@](C)(OC)C3)c2=O)nc2c(C(=O)NC3CC3)cnn12. The highest BCUT2D eigenvalue weighted by atomic mass is 16.5. The molecule has 2 fully saturated rings. The molecule has 0 spiro atoms. The summed E-state index contributed by atoms with van der Waals surface area (Å²) < 4.78 is 9.11. The number of carbonyl (C=O) groups excluding carboxylic acids is 1. The first kappa shape index (κ1) is 22.4. The normalized spacial score (nSPS) is 22.5. The number of fused-ring (bicyclic) bond motifs is 1. The third-order valence-corrected chi connectivity index (χ3v) is 6.92. The van der Waals surface area contributed by atoms with E-state index in [0.717, 1.165) is 38.5 Å². The Kier molecular flexibility index (Phi) is 5.76. The van der Waals surface area contributed by atoms with Crippen molar-refractivity contribution >= 4 is 28.9 Å². The van der Waals surface area contributed by atoms with E-state index in [1.807, 2.05) is 12.3 Å². The summed E-state index contributed by atoms with van der Waals surface area (Å²) in [5, 5.41) is 13.6. The Morgan fingerprint density at radius 2 is 2.12 bits per heavy atom. The van der Waals surface area contributed by atoms with Gasteiger partial charge in [-0.15, -0.1) is 0 Å². The number of hydrogen-bond acceptors (Lipinski definition) is 7. The van der Waals surface area contributed by atoms with Crippen molar-refractivity contribution < 1.29 is 9.53 Å². The maximum Gasteiger partial charge on any atom is 0.274 e. The number of rotatable bonds is 7. The first-order chi connectivity index (χ1) is 16.4. The smallest absolute Gasteiger partial charge is 0.274 e. The van der Waals surface area contributed by atoms with Gasteiger partial charge >= 0.3 is 0 Å². The molecular weight excluding hydrogens is 434 g/mol. The van der Waals surface area contributed by atoms with E-state index < -0.39 is 0 Å². The molecule has 2 aliphatic rings. The van der Waals surface area contributed by atoms with Crippen molar-refractivity contribution in [3.8, 4) is 0 Å². The molecule has 0 aliphatic heterocycles. The van der Waals surface area contributed by atoms with Crippen LogP contribution < -0.4 is 21.5 Å². The van der Waals surface area contributed by atoms with E-state index in [1.54, 1.807) is 35.4 Å². The average molecular weight is 466 g/mol. The van der Waals surface area contributed by atoms with E-state index in [4.69, 9.17) is 4.74 Å². The van der Waals surface area contributed by atoms with Gasteiger partial charge in [0.2, 0.25) is 0 Å². The monoisotopic (exact) mass is 465 g/mol. The van der Waals surface area contributed by atoms with Crippen LogP contribution in [0.3, 0.4) is 0 Å². The number of aromatic nitrogens is 4. The minimum Gasteiger partial charge on any atom is -0.378 e. The van der Waals surface area contributed by atoms with Crippen LogP contribution in [0, 0.1) is 0 Å². The second-order valence-electron chi connectivity index (χ2n) is 9.48. The summed E-state index contributed by atoms with van der Waals surface area (Å²) in [6.45, 7) is 2.10. The molecule has 3 N–H and O–H groups in total. The zero-order chi connectivity index (χ0) is 23.9. The summed E-state index contributed by atoms with van der Waals surface area (Å²) in [7, 11) is 3.51. The topological polar surface area (TPSA) is 115 Å². The number of carbonyl (C=O) groups is 1. The van der Waals surface area contributed by atoms with Gasteiger partial charge in [-0.2, -0.15) is 9.61 Å². The van der Waals surface area contributed by atoms with Gasteiger partial charge in [0.25, 0.3) is 11.5 Å². The molecule has 3 heterocycles. The number of anilines is 3. The highest BCUT2D eigenvalue weighted by molar-refractivity contribution is 6.00. The fourth-order valence-corrected chi connectivity index (χ4v) is 4.72. The third-order valence-electron chi connectivity index (χ3n) is 6.92. The van der Waals surface area contributed by atoms with Gasteiger partial charge in [0.05, 0.1) is 11.8 Å². The molecule has 34 heavy (non-hydrogen) atoms. The molecule has 10 nitrogen and oxygen atoms in total. The number of pyridine rings is 1. The van der Waals surface area contributed by atoms with Crippen molar-refractivity contribution in [1.82, 2.24) is 24.5 Å². The van der Waals surface area contributed by atoms with Crippen LogP contribution in [0.4, 0.5) is 17.3 Å². The number of amides is 1. The molecule has 3 aromatic rings. The van der Waals surface area contributed by atoms with Gasteiger partial charge in [0.15, 0.2) is 5.65 Å². The van der Waals surface area contributed by atoms with Crippen LogP contribution >= 0.6 is 0 Å². The van der Waals surface area contributed by atoms with Crippen LogP contribution in [0.5, 0.6) is 0 Å². The molecule has 2 saturated carbocycles. The number of hydrogen-bond donors (Lipinski definition) is 3. The van der Waals surface area contributed by atoms with Gasteiger partial charge in [-0.05, 0) is 57.6 Å². The summed E-state index contributed by atoms with van der Waals surface area (Å²) in [5.74, 6) is 0.917. The van der Waals surface area contributed by atoms with Crippen LogP contribution in [0.1, 0.15) is 61.8 Å². The van der Waals surface area contributed by atoms with Gasteiger partial charge < -0.3 is 25.3 Å². The van der Waals surface area contributed by atoms with Gasteiger partial charge in [0, 0.05) is 38.5 Å². The van der Waals surface area contributed by atoms with E-state index in [-0.39, 0.29) is 29.2 Å². The van der Waals surface area contributed by atoms with Crippen molar-refractivity contribution in [2.45, 2.75) is 63.1 Å². The molecule has 0 saturated heterocycles.